The summed E-state index contributed by atoms with van der Waals surface area (Å²) in [5.41, 5.74) is 2.45. The van der Waals surface area contributed by atoms with Crippen LogP contribution in [0, 0.1) is 12.8 Å². The molecule has 7 heteroatoms. The molecule has 1 unspecified atom stereocenters. The standard InChI is InChI=1S/C22H25N5O2/c1-15(2)20(26-21(28)18-6-4-5-16(3)11-18)22(29)25-13-17-7-8-24-19(12-17)27-10-9-23-14-27/h4-12,14-15,20H,13H2,1-3H3,(H,25,29)(H,26,28). The molecule has 2 aromatic heterocycles. The molecule has 2 N–H and O–H groups in total. The normalized spacial score (nSPS) is 11.9. The van der Waals surface area contributed by atoms with E-state index in [0.717, 1.165) is 16.9 Å². The number of amides is 2. The Hall–Kier alpha value is -3.48. The van der Waals surface area contributed by atoms with E-state index in [1.807, 2.05) is 45.0 Å². The molecular weight excluding hydrogens is 366 g/mol. The molecule has 7 nitrogen and oxygen atoms in total. The smallest absolute Gasteiger partial charge is 0.251 e. The van der Waals surface area contributed by atoms with Gasteiger partial charge in [0.15, 0.2) is 0 Å². The Kier molecular flexibility index (Phi) is 6.39. The predicted octanol–water partition coefficient (Wildman–Crippen LogP) is 2.65. The molecule has 2 amide bonds. The first-order valence-corrected chi connectivity index (χ1v) is 9.52. The van der Waals surface area contributed by atoms with Crippen LogP contribution in [-0.2, 0) is 11.3 Å². The molecule has 0 spiro atoms. The summed E-state index contributed by atoms with van der Waals surface area (Å²) in [4.78, 5) is 33.6. The molecule has 0 radical (unpaired) electrons. The molecule has 0 fully saturated rings. The molecule has 2 heterocycles. The van der Waals surface area contributed by atoms with Gasteiger partial charge >= 0.3 is 0 Å². The number of hydrogen-bond donors (Lipinski definition) is 2. The lowest BCUT2D eigenvalue weighted by atomic mass is 10.0. The summed E-state index contributed by atoms with van der Waals surface area (Å²) in [6.45, 7) is 6.08. The van der Waals surface area contributed by atoms with Crippen molar-refractivity contribution in [2.45, 2.75) is 33.4 Å². The summed E-state index contributed by atoms with van der Waals surface area (Å²) < 4.78 is 1.80. The van der Waals surface area contributed by atoms with Gasteiger partial charge in [0.1, 0.15) is 18.2 Å². The van der Waals surface area contributed by atoms with Crippen molar-refractivity contribution in [2.75, 3.05) is 0 Å². The minimum Gasteiger partial charge on any atom is -0.350 e. The second kappa shape index (κ2) is 9.14. The van der Waals surface area contributed by atoms with Crippen LogP contribution in [-0.4, -0.2) is 32.4 Å². The van der Waals surface area contributed by atoms with Crippen LogP contribution in [0.1, 0.15) is 35.3 Å². The maximum absolute atomic E-state index is 12.7. The van der Waals surface area contributed by atoms with Gasteiger partial charge in [0, 0.05) is 30.7 Å². The maximum atomic E-state index is 12.7. The summed E-state index contributed by atoms with van der Waals surface area (Å²) in [5.74, 6) is 0.195. The number of nitrogens with one attached hydrogen (secondary N) is 2. The Balaban J connectivity index is 1.64. The molecule has 1 atom stereocenters. The molecule has 0 aliphatic heterocycles. The number of benzene rings is 1. The highest BCUT2D eigenvalue weighted by Gasteiger charge is 2.24. The van der Waals surface area contributed by atoms with Crippen LogP contribution in [0.5, 0.6) is 0 Å². The molecular formula is C22H25N5O2. The number of pyridine rings is 1. The van der Waals surface area contributed by atoms with Crippen LogP contribution in [0.15, 0.2) is 61.3 Å². The van der Waals surface area contributed by atoms with Gasteiger partial charge in [-0.15, -0.1) is 0 Å². The van der Waals surface area contributed by atoms with Crippen LogP contribution in [0.3, 0.4) is 0 Å². The van der Waals surface area contributed by atoms with Crippen molar-refractivity contribution in [3.05, 3.63) is 78.0 Å². The fraction of sp³-hybridized carbons (Fsp3) is 0.273. The Morgan fingerprint density at radius 2 is 1.97 bits per heavy atom. The first-order chi connectivity index (χ1) is 13.9. The molecule has 1 aromatic carbocycles. The average molecular weight is 391 g/mol. The van der Waals surface area contributed by atoms with Gasteiger partial charge in [-0.25, -0.2) is 9.97 Å². The lowest BCUT2D eigenvalue weighted by Crippen LogP contribution is -2.49. The van der Waals surface area contributed by atoms with Crippen molar-refractivity contribution in [3.8, 4) is 5.82 Å². The Labute approximate surface area is 170 Å². The molecule has 29 heavy (non-hydrogen) atoms. The number of aryl methyl sites for hydroxylation is 1. The monoisotopic (exact) mass is 391 g/mol. The second-order valence-electron chi connectivity index (χ2n) is 7.27. The number of hydrogen-bond acceptors (Lipinski definition) is 4. The Morgan fingerprint density at radius 3 is 2.66 bits per heavy atom. The van der Waals surface area contributed by atoms with E-state index in [2.05, 4.69) is 20.6 Å². The molecule has 150 valence electrons. The first kappa shape index (κ1) is 20.3. The third-order valence-corrected chi connectivity index (χ3v) is 4.56. The fourth-order valence-electron chi connectivity index (χ4n) is 2.95. The second-order valence-corrected chi connectivity index (χ2v) is 7.27. The van der Waals surface area contributed by atoms with Crippen LogP contribution in [0.25, 0.3) is 5.82 Å². The van der Waals surface area contributed by atoms with Gasteiger partial charge in [-0.1, -0.05) is 31.5 Å². The first-order valence-electron chi connectivity index (χ1n) is 9.52. The zero-order valence-corrected chi connectivity index (χ0v) is 16.8. The average Bonchev–Trinajstić information content (AvgIpc) is 3.25. The zero-order valence-electron chi connectivity index (χ0n) is 16.8. The van der Waals surface area contributed by atoms with E-state index in [1.54, 1.807) is 41.6 Å². The van der Waals surface area contributed by atoms with Crippen LogP contribution in [0.2, 0.25) is 0 Å². The van der Waals surface area contributed by atoms with Gasteiger partial charge in [-0.3, -0.25) is 14.2 Å². The van der Waals surface area contributed by atoms with Crippen molar-refractivity contribution in [1.82, 2.24) is 25.2 Å². The summed E-state index contributed by atoms with van der Waals surface area (Å²) in [6, 6.07) is 10.4. The van der Waals surface area contributed by atoms with Gasteiger partial charge in [0.2, 0.25) is 5.91 Å². The van der Waals surface area contributed by atoms with Gasteiger partial charge in [-0.2, -0.15) is 0 Å². The fourth-order valence-corrected chi connectivity index (χ4v) is 2.95. The summed E-state index contributed by atoms with van der Waals surface area (Å²) >= 11 is 0. The van der Waals surface area contributed by atoms with E-state index in [4.69, 9.17) is 0 Å². The molecule has 0 aliphatic carbocycles. The van der Waals surface area contributed by atoms with Gasteiger partial charge in [0.25, 0.3) is 5.91 Å². The van der Waals surface area contributed by atoms with E-state index < -0.39 is 6.04 Å². The van der Waals surface area contributed by atoms with Gasteiger partial charge in [-0.05, 0) is 42.7 Å². The number of aromatic nitrogens is 3. The quantitative estimate of drug-likeness (QED) is 0.648. The van der Waals surface area contributed by atoms with Crippen molar-refractivity contribution in [2.24, 2.45) is 5.92 Å². The van der Waals surface area contributed by atoms with E-state index >= 15 is 0 Å². The molecule has 0 saturated heterocycles. The van der Waals surface area contributed by atoms with Crippen LogP contribution < -0.4 is 10.6 Å². The number of imidazole rings is 1. The number of carbonyl (C=O) groups excluding carboxylic acids is 2. The minimum atomic E-state index is -0.627. The predicted molar refractivity (Wildman–Crippen MR) is 110 cm³/mol. The SMILES string of the molecule is Cc1cccc(C(=O)NC(C(=O)NCc2ccnc(-n3ccnc3)c2)C(C)C)c1. The topological polar surface area (TPSA) is 88.9 Å². The minimum absolute atomic E-state index is 0.0530. The van der Waals surface area contributed by atoms with Crippen molar-refractivity contribution < 1.29 is 9.59 Å². The summed E-state index contributed by atoms with van der Waals surface area (Å²) in [5, 5.41) is 5.77. The van der Waals surface area contributed by atoms with E-state index in [-0.39, 0.29) is 17.7 Å². The number of nitrogens with zero attached hydrogens (tertiary/aromatic N) is 3. The molecule has 0 aliphatic rings. The largest absolute Gasteiger partial charge is 0.350 e. The highest BCUT2D eigenvalue weighted by atomic mass is 16.2. The highest BCUT2D eigenvalue weighted by Crippen LogP contribution is 2.09. The van der Waals surface area contributed by atoms with Crippen molar-refractivity contribution >= 4 is 11.8 Å². The Morgan fingerprint density at radius 1 is 1.14 bits per heavy atom. The van der Waals surface area contributed by atoms with E-state index in [9.17, 15) is 9.59 Å². The Bertz CT molecular complexity index is 982. The third-order valence-electron chi connectivity index (χ3n) is 4.56. The van der Waals surface area contributed by atoms with Crippen molar-refractivity contribution in [3.63, 3.8) is 0 Å². The molecule has 3 rings (SSSR count). The summed E-state index contributed by atoms with van der Waals surface area (Å²) in [7, 11) is 0. The van der Waals surface area contributed by atoms with Crippen LogP contribution >= 0.6 is 0 Å². The van der Waals surface area contributed by atoms with Gasteiger partial charge < -0.3 is 10.6 Å². The number of rotatable bonds is 7. The highest BCUT2D eigenvalue weighted by molar-refractivity contribution is 5.97. The molecule has 3 aromatic rings. The van der Waals surface area contributed by atoms with Crippen LogP contribution in [0.4, 0.5) is 0 Å². The van der Waals surface area contributed by atoms with E-state index in [1.165, 1.54) is 0 Å². The molecule has 0 bridgehead atoms. The van der Waals surface area contributed by atoms with E-state index in [0.29, 0.717) is 12.1 Å². The molecule has 0 saturated carbocycles. The van der Waals surface area contributed by atoms with Crippen molar-refractivity contribution in [1.29, 1.82) is 0 Å². The maximum Gasteiger partial charge on any atom is 0.251 e. The summed E-state index contributed by atoms with van der Waals surface area (Å²) in [6.07, 6.45) is 6.84. The lowest BCUT2D eigenvalue weighted by molar-refractivity contribution is -0.124. The van der Waals surface area contributed by atoms with Gasteiger partial charge in [0.05, 0.1) is 0 Å². The zero-order chi connectivity index (χ0) is 20.8. The lowest BCUT2D eigenvalue weighted by Gasteiger charge is -2.22. The third kappa shape index (κ3) is 5.28. The number of carbonyl (C=O) groups is 2.